The van der Waals surface area contributed by atoms with E-state index in [1.165, 1.54) is 12.1 Å². The SMILES string of the molecule is Fc1ccc(Cc2ncc3ccc(Br)cn23)cc1. The zero-order valence-corrected chi connectivity index (χ0v) is 11.1. The van der Waals surface area contributed by atoms with Crippen molar-refractivity contribution in [2.45, 2.75) is 6.42 Å². The molecule has 0 bridgehead atoms. The number of pyridine rings is 1. The third-order valence-corrected chi connectivity index (χ3v) is 3.31. The highest BCUT2D eigenvalue weighted by Crippen LogP contribution is 2.16. The van der Waals surface area contributed by atoms with Crippen LogP contribution in [0.1, 0.15) is 11.4 Å². The van der Waals surface area contributed by atoms with Gasteiger partial charge >= 0.3 is 0 Å². The van der Waals surface area contributed by atoms with Gasteiger partial charge in [-0.25, -0.2) is 9.37 Å². The average molecular weight is 305 g/mol. The quantitative estimate of drug-likeness (QED) is 0.703. The first-order chi connectivity index (χ1) is 8.72. The van der Waals surface area contributed by atoms with Crippen molar-refractivity contribution >= 4 is 21.4 Å². The summed E-state index contributed by atoms with van der Waals surface area (Å²) in [5.74, 6) is 0.729. The summed E-state index contributed by atoms with van der Waals surface area (Å²) in [7, 11) is 0. The Morgan fingerprint density at radius 1 is 1.11 bits per heavy atom. The van der Waals surface area contributed by atoms with Crippen LogP contribution in [0.15, 0.2) is 53.3 Å². The minimum Gasteiger partial charge on any atom is -0.302 e. The second kappa shape index (κ2) is 4.53. The van der Waals surface area contributed by atoms with E-state index in [0.717, 1.165) is 21.4 Å². The molecule has 0 N–H and O–H groups in total. The number of imidazole rings is 1. The molecule has 0 aliphatic heterocycles. The number of fused-ring (bicyclic) bond motifs is 1. The number of aromatic nitrogens is 2. The molecule has 3 aromatic rings. The summed E-state index contributed by atoms with van der Waals surface area (Å²) in [6, 6.07) is 10.5. The number of halogens is 2. The first kappa shape index (κ1) is 11.4. The third kappa shape index (κ3) is 2.16. The minimum absolute atomic E-state index is 0.213. The molecule has 0 saturated heterocycles. The van der Waals surface area contributed by atoms with E-state index in [2.05, 4.69) is 20.9 Å². The van der Waals surface area contributed by atoms with Crippen molar-refractivity contribution < 1.29 is 4.39 Å². The van der Waals surface area contributed by atoms with Crippen LogP contribution in [0.4, 0.5) is 4.39 Å². The van der Waals surface area contributed by atoms with Gasteiger partial charge in [-0.2, -0.15) is 0 Å². The van der Waals surface area contributed by atoms with Crippen molar-refractivity contribution in [1.29, 1.82) is 0 Å². The standard InChI is InChI=1S/C14H10BrFN2/c15-11-3-6-13-8-17-14(18(13)9-11)7-10-1-4-12(16)5-2-10/h1-6,8-9H,7H2. The molecule has 2 nitrogen and oxygen atoms in total. The normalized spacial score (nSPS) is 11.0. The maximum Gasteiger partial charge on any atom is 0.123 e. The Morgan fingerprint density at radius 3 is 2.67 bits per heavy atom. The van der Waals surface area contributed by atoms with Crippen molar-refractivity contribution in [3.05, 3.63) is 70.5 Å². The molecule has 0 radical (unpaired) electrons. The number of hydrogen-bond acceptors (Lipinski definition) is 1. The van der Waals surface area contributed by atoms with Crippen LogP contribution >= 0.6 is 15.9 Å². The fourth-order valence-corrected chi connectivity index (χ4v) is 2.27. The molecule has 0 aliphatic carbocycles. The van der Waals surface area contributed by atoms with Crippen molar-refractivity contribution in [1.82, 2.24) is 9.38 Å². The Bertz CT molecular complexity index is 689. The van der Waals surface area contributed by atoms with Gasteiger partial charge in [0.1, 0.15) is 11.6 Å². The average Bonchev–Trinajstić information content (AvgIpc) is 2.75. The molecule has 90 valence electrons. The topological polar surface area (TPSA) is 17.3 Å². The summed E-state index contributed by atoms with van der Waals surface area (Å²) >= 11 is 3.45. The molecule has 0 unspecified atom stereocenters. The van der Waals surface area contributed by atoms with Crippen molar-refractivity contribution in [3.63, 3.8) is 0 Å². The van der Waals surface area contributed by atoms with E-state index in [4.69, 9.17) is 0 Å². The lowest BCUT2D eigenvalue weighted by molar-refractivity contribution is 0.627. The van der Waals surface area contributed by atoms with Gasteiger partial charge in [0.25, 0.3) is 0 Å². The maximum atomic E-state index is 12.8. The van der Waals surface area contributed by atoms with Crippen LogP contribution in [0.2, 0.25) is 0 Å². The van der Waals surface area contributed by atoms with Crippen molar-refractivity contribution in [2.24, 2.45) is 0 Å². The third-order valence-electron chi connectivity index (χ3n) is 2.84. The van der Waals surface area contributed by atoms with Gasteiger partial charge in [-0.15, -0.1) is 0 Å². The molecule has 0 atom stereocenters. The molecule has 0 fully saturated rings. The second-order valence-corrected chi connectivity index (χ2v) is 5.04. The van der Waals surface area contributed by atoms with Crippen LogP contribution in [-0.4, -0.2) is 9.38 Å². The molecule has 0 saturated carbocycles. The summed E-state index contributed by atoms with van der Waals surface area (Å²) in [5, 5.41) is 0. The number of benzene rings is 1. The fourth-order valence-electron chi connectivity index (χ4n) is 1.93. The van der Waals surface area contributed by atoms with Gasteiger partial charge < -0.3 is 4.40 Å². The molecular formula is C14H10BrFN2. The van der Waals surface area contributed by atoms with Gasteiger partial charge in [0.2, 0.25) is 0 Å². The van der Waals surface area contributed by atoms with Gasteiger partial charge in [0.15, 0.2) is 0 Å². The zero-order valence-electron chi connectivity index (χ0n) is 9.48. The van der Waals surface area contributed by atoms with Crippen LogP contribution in [0.5, 0.6) is 0 Å². The Labute approximate surface area is 112 Å². The van der Waals surface area contributed by atoms with E-state index < -0.39 is 0 Å². The first-order valence-electron chi connectivity index (χ1n) is 5.58. The molecule has 1 aromatic carbocycles. The van der Waals surface area contributed by atoms with E-state index in [-0.39, 0.29) is 5.82 Å². The molecule has 18 heavy (non-hydrogen) atoms. The van der Waals surface area contributed by atoms with Gasteiger partial charge in [-0.05, 0) is 45.8 Å². The predicted octanol–water partition coefficient (Wildman–Crippen LogP) is 3.83. The van der Waals surface area contributed by atoms with Gasteiger partial charge in [0, 0.05) is 17.1 Å². The van der Waals surface area contributed by atoms with E-state index >= 15 is 0 Å². The Hall–Kier alpha value is -1.68. The minimum atomic E-state index is -0.213. The summed E-state index contributed by atoms with van der Waals surface area (Å²) < 4.78 is 15.9. The predicted molar refractivity (Wildman–Crippen MR) is 72.1 cm³/mol. The lowest BCUT2D eigenvalue weighted by Gasteiger charge is -2.02. The molecule has 2 aromatic heterocycles. The highest BCUT2D eigenvalue weighted by Gasteiger charge is 2.05. The number of rotatable bonds is 2. The van der Waals surface area contributed by atoms with Crippen molar-refractivity contribution in [3.8, 4) is 0 Å². The highest BCUT2D eigenvalue weighted by atomic mass is 79.9. The summed E-state index contributed by atoms with van der Waals surface area (Å²) in [4.78, 5) is 4.40. The summed E-state index contributed by atoms with van der Waals surface area (Å²) in [6.45, 7) is 0. The number of nitrogens with zero attached hydrogens (tertiary/aromatic N) is 2. The smallest absolute Gasteiger partial charge is 0.123 e. The molecule has 3 rings (SSSR count). The maximum absolute atomic E-state index is 12.8. The van der Waals surface area contributed by atoms with Crippen LogP contribution in [0, 0.1) is 5.82 Å². The second-order valence-electron chi connectivity index (χ2n) is 4.12. The molecular weight excluding hydrogens is 295 g/mol. The van der Waals surface area contributed by atoms with E-state index in [1.54, 1.807) is 12.1 Å². The Balaban J connectivity index is 1.99. The molecule has 0 amide bonds. The first-order valence-corrected chi connectivity index (χ1v) is 6.37. The van der Waals surface area contributed by atoms with E-state index in [9.17, 15) is 4.39 Å². The summed E-state index contributed by atoms with van der Waals surface area (Å²) in [6.07, 6.45) is 4.51. The van der Waals surface area contributed by atoms with Gasteiger partial charge in [-0.1, -0.05) is 12.1 Å². The molecule has 2 heterocycles. The summed E-state index contributed by atoms with van der Waals surface area (Å²) in [5.41, 5.74) is 2.10. The van der Waals surface area contributed by atoms with E-state index in [1.807, 2.05) is 28.9 Å². The van der Waals surface area contributed by atoms with Crippen LogP contribution in [0.3, 0.4) is 0 Å². The Morgan fingerprint density at radius 2 is 1.89 bits per heavy atom. The largest absolute Gasteiger partial charge is 0.302 e. The molecule has 4 heteroatoms. The molecule has 0 spiro atoms. The van der Waals surface area contributed by atoms with Crippen LogP contribution < -0.4 is 0 Å². The van der Waals surface area contributed by atoms with Gasteiger partial charge in [-0.3, -0.25) is 0 Å². The number of hydrogen-bond donors (Lipinski definition) is 0. The van der Waals surface area contributed by atoms with Gasteiger partial charge in [0.05, 0.1) is 11.7 Å². The fraction of sp³-hybridized carbons (Fsp3) is 0.0714. The van der Waals surface area contributed by atoms with Crippen LogP contribution in [0.25, 0.3) is 5.52 Å². The Kier molecular flexibility index (Phi) is 2.88. The lowest BCUT2D eigenvalue weighted by Crippen LogP contribution is -1.96. The highest BCUT2D eigenvalue weighted by molar-refractivity contribution is 9.10. The monoisotopic (exact) mass is 304 g/mol. The van der Waals surface area contributed by atoms with Crippen molar-refractivity contribution in [2.75, 3.05) is 0 Å². The molecule has 0 aliphatic rings. The van der Waals surface area contributed by atoms with Crippen LogP contribution in [-0.2, 0) is 6.42 Å². The van der Waals surface area contributed by atoms with E-state index in [0.29, 0.717) is 6.42 Å². The lowest BCUT2D eigenvalue weighted by atomic mass is 10.1. The zero-order chi connectivity index (χ0) is 12.5.